The topological polar surface area (TPSA) is 62.4 Å². The molecule has 26 heavy (non-hydrogen) atoms. The van der Waals surface area contributed by atoms with Gasteiger partial charge in [0.1, 0.15) is 6.04 Å². The smallest absolute Gasteiger partial charge is 0.384 e. The highest BCUT2D eigenvalue weighted by Crippen LogP contribution is 2.32. The van der Waals surface area contributed by atoms with Crippen molar-refractivity contribution >= 4 is 5.91 Å². The normalized spacial score (nSPS) is 18.3. The molecule has 1 aliphatic rings. The minimum Gasteiger partial charge on any atom is -0.384 e. The molecule has 0 spiro atoms. The number of amides is 1. The van der Waals surface area contributed by atoms with Gasteiger partial charge in [0.05, 0.1) is 13.2 Å². The number of nitrogens with one attached hydrogen (secondary N) is 3. The van der Waals surface area contributed by atoms with Gasteiger partial charge >= 0.3 is 6.18 Å². The van der Waals surface area contributed by atoms with Crippen molar-refractivity contribution in [3.05, 3.63) is 35.9 Å². The van der Waals surface area contributed by atoms with Gasteiger partial charge in [-0.25, -0.2) is 0 Å². The SMILES string of the molecule is COCC1(CNC(=O)CNC(c2ccccc2)C(F)(F)F)CCNCC1. The summed E-state index contributed by atoms with van der Waals surface area (Å²) in [7, 11) is 1.61. The van der Waals surface area contributed by atoms with Gasteiger partial charge in [-0.2, -0.15) is 13.2 Å². The number of carbonyl (C=O) groups is 1. The van der Waals surface area contributed by atoms with Crippen molar-refractivity contribution in [2.75, 3.05) is 39.9 Å². The van der Waals surface area contributed by atoms with Crippen LogP contribution in [0.25, 0.3) is 0 Å². The number of piperidine rings is 1. The molecule has 0 aliphatic carbocycles. The van der Waals surface area contributed by atoms with Gasteiger partial charge in [0, 0.05) is 19.1 Å². The zero-order chi connectivity index (χ0) is 19.0. The Labute approximate surface area is 151 Å². The Kier molecular flexibility index (Phi) is 7.43. The van der Waals surface area contributed by atoms with Gasteiger partial charge in [-0.1, -0.05) is 30.3 Å². The van der Waals surface area contributed by atoms with Gasteiger partial charge in [-0.05, 0) is 31.5 Å². The Morgan fingerprint density at radius 3 is 2.50 bits per heavy atom. The van der Waals surface area contributed by atoms with Crippen LogP contribution >= 0.6 is 0 Å². The number of benzene rings is 1. The molecule has 1 aromatic rings. The van der Waals surface area contributed by atoms with E-state index in [1.165, 1.54) is 12.1 Å². The maximum Gasteiger partial charge on any atom is 0.407 e. The van der Waals surface area contributed by atoms with Crippen LogP contribution in [0.15, 0.2) is 30.3 Å². The Morgan fingerprint density at radius 2 is 1.92 bits per heavy atom. The molecule has 1 aromatic carbocycles. The summed E-state index contributed by atoms with van der Waals surface area (Å²) in [5, 5.41) is 8.34. The Bertz CT molecular complexity index is 555. The molecule has 8 heteroatoms. The van der Waals surface area contributed by atoms with E-state index in [2.05, 4.69) is 16.0 Å². The first-order chi connectivity index (χ1) is 12.4. The monoisotopic (exact) mass is 373 g/mol. The first kappa shape index (κ1) is 20.7. The van der Waals surface area contributed by atoms with E-state index in [0.717, 1.165) is 25.9 Å². The van der Waals surface area contributed by atoms with E-state index in [1.54, 1.807) is 25.3 Å². The molecule has 1 amide bonds. The summed E-state index contributed by atoms with van der Waals surface area (Å²) < 4.78 is 45.1. The van der Waals surface area contributed by atoms with Crippen LogP contribution in [0.1, 0.15) is 24.4 Å². The largest absolute Gasteiger partial charge is 0.407 e. The van der Waals surface area contributed by atoms with Crippen molar-refractivity contribution < 1.29 is 22.7 Å². The summed E-state index contributed by atoms with van der Waals surface area (Å²) >= 11 is 0. The fourth-order valence-corrected chi connectivity index (χ4v) is 3.25. The maximum atomic E-state index is 13.3. The van der Waals surface area contributed by atoms with Crippen LogP contribution in [0.5, 0.6) is 0 Å². The molecule has 1 unspecified atom stereocenters. The summed E-state index contributed by atoms with van der Waals surface area (Å²) in [5.41, 5.74) is -0.0829. The molecular weight excluding hydrogens is 347 g/mol. The molecule has 2 rings (SSSR count). The van der Waals surface area contributed by atoms with E-state index >= 15 is 0 Å². The van der Waals surface area contributed by atoms with E-state index in [4.69, 9.17) is 4.74 Å². The molecule has 1 saturated heterocycles. The fraction of sp³-hybridized carbons (Fsp3) is 0.611. The molecule has 5 nitrogen and oxygen atoms in total. The van der Waals surface area contributed by atoms with Crippen LogP contribution in [0.4, 0.5) is 13.2 Å². The zero-order valence-corrected chi connectivity index (χ0v) is 14.9. The number of rotatable bonds is 8. The number of hydrogen-bond donors (Lipinski definition) is 3. The van der Waals surface area contributed by atoms with Crippen molar-refractivity contribution in [1.29, 1.82) is 0 Å². The first-order valence-electron chi connectivity index (χ1n) is 8.68. The highest BCUT2D eigenvalue weighted by molar-refractivity contribution is 5.78. The summed E-state index contributed by atoms with van der Waals surface area (Å²) in [6.07, 6.45) is -2.78. The summed E-state index contributed by atoms with van der Waals surface area (Å²) in [4.78, 5) is 12.1. The third-order valence-electron chi connectivity index (χ3n) is 4.70. The van der Waals surface area contributed by atoms with E-state index in [1.807, 2.05) is 0 Å². The number of methoxy groups -OCH3 is 1. The van der Waals surface area contributed by atoms with Crippen LogP contribution < -0.4 is 16.0 Å². The second-order valence-corrected chi connectivity index (χ2v) is 6.73. The van der Waals surface area contributed by atoms with Crippen molar-refractivity contribution in [2.24, 2.45) is 5.41 Å². The molecule has 0 bridgehead atoms. The van der Waals surface area contributed by atoms with Crippen molar-refractivity contribution in [2.45, 2.75) is 25.1 Å². The Morgan fingerprint density at radius 1 is 1.27 bits per heavy atom. The average molecular weight is 373 g/mol. The van der Waals surface area contributed by atoms with Crippen LogP contribution in [0.3, 0.4) is 0 Å². The van der Waals surface area contributed by atoms with Gasteiger partial charge in [-0.3, -0.25) is 10.1 Å². The van der Waals surface area contributed by atoms with E-state index in [-0.39, 0.29) is 11.0 Å². The lowest BCUT2D eigenvalue weighted by Gasteiger charge is -2.37. The highest BCUT2D eigenvalue weighted by atomic mass is 19.4. The standard InChI is InChI=1S/C18H26F3N3O2/c1-26-13-17(7-9-22-10-8-17)12-24-15(25)11-23-16(18(19,20)21)14-5-3-2-4-6-14/h2-6,16,22-23H,7-13H2,1H3,(H,24,25). The number of ether oxygens (including phenoxy) is 1. The number of alkyl halides is 3. The minimum absolute atomic E-state index is 0.0852. The summed E-state index contributed by atoms with van der Waals surface area (Å²) in [5.74, 6) is -0.454. The predicted molar refractivity (Wildman–Crippen MR) is 92.7 cm³/mol. The second kappa shape index (κ2) is 9.34. The molecule has 1 fully saturated rings. The maximum absolute atomic E-state index is 13.3. The zero-order valence-electron chi connectivity index (χ0n) is 14.9. The van der Waals surface area contributed by atoms with Gasteiger partial charge in [0.15, 0.2) is 0 Å². The number of halogens is 3. The third kappa shape index (κ3) is 5.96. The molecule has 0 aromatic heterocycles. The van der Waals surface area contributed by atoms with E-state index in [0.29, 0.717) is 13.2 Å². The molecule has 0 saturated carbocycles. The van der Waals surface area contributed by atoms with Crippen LogP contribution in [0, 0.1) is 5.41 Å². The van der Waals surface area contributed by atoms with E-state index < -0.39 is 24.7 Å². The third-order valence-corrected chi connectivity index (χ3v) is 4.70. The molecule has 0 radical (unpaired) electrons. The lowest BCUT2D eigenvalue weighted by atomic mass is 9.79. The second-order valence-electron chi connectivity index (χ2n) is 6.73. The molecule has 1 atom stereocenters. The lowest BCUT2D eigenvalue weighted by Crippen LogP contribution is -2.49. The molecular formula is C18H26F3N3O2. The molecule has 1 aliphatic heterocycles. The van der Waals surface area contributed by atoms with Crippen LogP contribution in [-0.4, -0.2) is 52.0 Å². The number of carbonyl (C=O) groups excluding carboxylic acids is 1. The lowest BCUT2D eigenvalue weighted by molar-refractivity contribution is -0.158. The van der Waals surface area contributed by atoms with E-state index in [9.17, 15) is 18.0 Å². The van der Waals surface area contributed by atoms with Gasteiger partial charge in [-0.15, -0.1) is 0 Å². The van der Waals surface area contributed by atoms with Gasteiger partial charge in [0.2, 0.25) is 5.91 Å². The minimum atomic E-state index is -4.48. The van der Waals surface area contributed by atoms with Crippen LogP contribution in [-0.2, 0) is 9.53 Å². The quantitative estimate of drug-likeness (QED) is 0.652. The summed E-state index contributed by atoms with van der Waals surface area (Å²) in [6, 6.07) is 5.65. The Hall–Kier alpha value is -1.64. The summed E-state index contributed by atoms with van der Waals surface area (Å²) in [6.45, 7) is 2.17. The molecule has 146 valence electrons. The molecule has 3 N–H and O–H groups in total. The first-order valence-corrected chi connectivity index (χ1v) is 8.68. The van der Waals surface area contributed by atoms with Gasteiger partial charge < -0.3 is 15.4 Å². The average Bonchev–Trinajstić information content (AvgIpc) is 2.61. The van der Waals surface area contributed by atoms with Crippen molar-refractivity contribution in [3.63, 3.8) is 0 Å². The Balaban J connectivity index is 1.89. The predicted octanol–water partition coefficient (Wildman–Crippen LogP) is 2.01. The highest BCUT2D eigenvalue weighted by Gasteiger charge is 2.40. The fourth-order valence-electron chi connectivity index (χ4n) is 3.25. The van der Waals surface area contributed by atoms with Crippen LogP contribution in [0.2, 0.25) is 0 Å². The van der Waals surface area contributed by atoms with Crippen molar-refractivity contribution in [1.82, 2.24) is 16.0 Å². The van der Waals surface area contributed by atoms with Crippen molar-refractivity contribution in [3.8, 4) is 0 Å². The molecule has 1 heterocycles. The number of hydrogen-bond acceptors (Lipinski definition) is 4. The van der Waals surface area contributed by atoms with Gasteiger partial charge in [0.25, 0.3) is 0 Å².